The minimum absolute atomic E-state index is 0.0544. The molecule has 0 aromatic heterocycles. The summed E-state index contributed by atoms with van der Waals surface area (Å²) in [6.45, 7) is 2.04. The molecule has 0 saturated heterocycles. The fraction of sp³-hybridized carbons (Fsp3) is 0.429. The third kappa shape index (κ3) is 4.99. The van der Waals surface area contributed by atoms with Gasteiger partial charge in [0.15, 0.2) is 0 Å². The van der Waals surface area contributed by atoms with Gasteiger partial charge in [-0.3, -0.25) is 9.59 Å². The highest BCUT2D eigenvalue weighted by molar-refractivity contribution is 5.91. The standard InChI is InChI=1S/C14H19NO3/c1-2-11-7-3-4-8-12(11)15-13(16)9-5-6-10-14(17)18/h3-4,7-8H,2,5-6,9-10H2,1H3,(H,15,16)(H,17,18). The summed E-state index contributed by atoms with van der Waals surface area (Å²) in [6.07, 6.45) is 2.50. The lowest BCUT2D eigenvalue weighted by Gasteiger charge is -2.09. The van der Waals surface area contributed by atoms with Gasteiger partial charge in [-0.05, 0) is 30.9 Å². The molecule has 0 aliphatic rings. The Hall–Kier alpha value is -1.84. The van der Waals surface area contributed by atoms with E-state index in [-0.39, 0.29) is 12.3 Å². The number of carbonyl (C=O) groups is 2. The summed E-state index contributed by atoms with van der Waals surface area (Å²) in [5.74, 6) is -0.868. The van der Waals surface area contributed by atoms with Gasteiger partial charge < -0.3 is 10.4 Å². The average molecular weight is 249 g/mol. The van der Waals surface area contributed by atoms with Crippen LogP contribution in [0.2, 0.25) is 0 Å². The highest BCUT2D eigenvalue weighted by atomic mass is 16.4. The molecule has 4 heteroatoms. The van der Waals surface area contributed by atoms with Gasteiger partial charge in [-0.25, -0.2) is 0 Å². The molecule has 0 radical (unpaired) electrons. The Balaban J connectivity index is 2.37. The van der Waals surface area contributed by atoms with Gasteiger partial charge in [0, 0.05) is 18.5 Å². The second kappa shape index (κ2) is 7.48. The van der Waals surface area contributed by atoms with E-state index in [2.05, 4.69) is 5.32 Å². The van der Waals surface area contributed by atoms with Gasteiger partial charge in [-0.1, -0.05) is 25.1 Å². The Kier molecular flexibility index (Phi) is 5.91. The zero-order valence-corrected chi connectivity index (χ0v) is 10.6. The quantitative estimate of drug-likeness (QED) is 0.730. The Morgan fingerprint density at radius 3 is 2.50 bits per heavy atom. The summed E-state index contributed by atoms with van der Waals surface area (Å²) in [5.41, 5.74) is 1.96. The molecule has 0 aliphatic heterocycles. The fourth-order valence-corrected chi connectivity index (χ4v) is 1.73. The van der Waals surface area contributed by atoms with Gasteiger partial charge in [0.25, 0.3) is 0 Å². The molecule has 1 rings (SSSR count). The predicted octanol–water partition coefficient (Wildman–Crippen LogP) is 2.83. The van der Waals surface area contributed by atoms with E-state index >= 15 is 0 Å². The Bertz CT molecular complexity index is 415. The highest BCUT2D eigenvalue weighted by Gasteiger charge is 2.05. The number of unbranched alkanes of at least 4 members (excludes halogenated alkanes) is 1. The summed E-state index contributed by atoms with van der Waals surface area (Å²) in [5, 5.41) is 11.3. The first kappa shape index (κ1) is 14.2. The topological polar surface area (TPSA) is 66.4 Å². The number of amides is 1. The summed E-state index contributed by atoms with van der Waals surface area (Å²) in [6, 6.07) is 7.70. The minimum Gasteiger partial charge on any atom is -0.481 e. The Labute approximate surface area is 107 Å². The normalized spacial score (nSPS) is 10.1. The van der Waals surface area contributed by atoms with Crippen LogP contribution in [0.1, 0.15) is 38.2 Å². The Morgan fingerprint density at radius 2 is 1.83 bits per heavy atom. The number of aryl methyl sites for hydroxylation is 1. The number of hydrogen-bond donors (Lipinski definition) is 2. The zero-order chi connectivity index (χ0) is 13.4. The van der Waals surface area contributed by atoms with Crippen molar-refractivity contribution in [1.82, 2.24) is 0 Å². The molecule has 1 amide bonds. The van der Waals surface area contributed by atoms with Gasteiger partial charge in [0.05, 0.1) is 0 Å². The van der Waals surface area contributed by atoms with E-state index in [1.165, 1.54) is 0 Å². The van der Waals surface area contributed by atoms with Crippen molar-refractivity contribution in [2.45, 2.75) is 39.0 Å². The molecule has 0 unspecified atom stereocenters. The number of carboxylic acids is 1. The predicted molar refractivity (Wildman–Crippen MR) is 70.6 cm³/mol. The number of aliphatic carboxylic acids is 1. The van der Waals surface area contributed by atoms with Gasteiger partial charge in [0.1, 0.15) is 0 Å². The molecule has 98 valence electrons. The number of anilines is 1. The lowest BCUT2D eigenvalue weighted by molar-refractivity contribution is -0.137. The molecule has 0 heterocycles. The molecule has 2 N–H and O–H groups in total. The molecule has 18 heavy (non-hydrogen) atoms. The SMILES string of the molecule is CCc1ccccc1NC(=O)CCCCC(=O)O. The van der Waals surface area contributed by atoms with Crippen molar-refractivity contribution in [3.63, 3.8) is 0 Å². The molecule has 0 bridgehead atoms. The maximum atomic E-state index is 11.7. The summed E-state index contributed by atoms with van der Waals surface area (Å²) >= 11 is 0. The van der Waals surface area contributed by atoms with Crippen LogP contribution >= 0.6 is 0 Å². The van der Waals surface area contributed by atoms with Crippen LogP contribution in [0.5, 0.6) is 0 Å². The van der Waals surface area contributed by atoms with Crippen molar-refractivity contribution in [2.75, 3.05) is 5.32 Å². The van der Waals surface area contributed by atoms with Crippen LogP contribution in [0.15, 0.2) is 24.3 Å². The van der Waals surface area contributed by atoms with E-state index < -0.39 is 5.97 Å². The van der Waals surface area contributed by atoms with Crippen LogP contribution in [0, 0.1) is 0 Å². The molecule has 0 fully saturated rings. The smallest absolute Gasteiger partial charge is 0.303 e. The van der Waals surface area contributed by atoms with Crippen LogP contribution in [0.4, 0.5) is 5.69 Å². The van der Waals surface area contributed by atoms with Crippen molar-refractivity contribution in [3.8, 4) is 0 Å². The first-order valence-electron chi connectivity index (χ1n) is 6.23. The van der Waals surface area contributed by atoms with Gasteiger partial charge in [0.2, 0.25) is 5.91 Å². The van der Waals surface area contributed by atoms with Crippen molar-refractivity contribution < 1.29 is 14.7 Å². The van der Waals surface area contributed by atoms with Crippen LogP contribution in [0.25, 0.3) is 0 Å². The largest absolute Gasteiger partial charge is 0.481 e. The maximum absolute atomic E-state index is 11.7. The molecule has 4 nitrogen and oxygen atoms in total. The molecule has 0 saturated carbocycles. The lowest BCUT2D eigenvalue weighted by Crippen LogP contribution is -2.12. The van der Waals surface area contributed by atoms with E-state index in [9.17, 15) is 9.59 Å². The van der Waals surface area contributed by atoms with Gasteiger partial charge >= 0.3 is 5.97 Å². The highest BCUT2D eigenvalue weighted by Crippen LogP contribution is 2.16. The average Bonchev–Trinajstić information content (AvgIpc) is 2.35. The third-order valence-electron chi connectivity index (χ3n) is 2.72. The van der Waals surface area contributed by atoms with Crippen molar-refractivity contribution in [3.05, 3.63) is 29.8 Å². The number of benzene rings is 1. The monoisotopic (exact) mass is 249 g/mol. The summed E-state index contributed by atoms with van der Waals surface area (Å²) in [7, 11) is 0. The first-order valence-corrected chi connectivity index (χ1v) is 6.23. The van der Waals surface area contributed by atoms with E-state index in [4.69, 9.17) is 5.11 Å². The number of para-hydroxylation sites is 1. The maximum Gasteiger partial charge on any atom is 0.303 e. The molecule has 0 aliphatic carbocycles. The zero-order valence-electron chi connectivity index (χ0n) is 10.6. The van der Waals surface area contributed by atoms with Crippen LogP contribution < -0.4 is 5.32 Å². The number of rotatable bonds is 7. The minimum atomic E-state index is -0.813. The molecular formula is C14H19NO3. The number of carboxylic acid groups (broad SMARTS) is 1. The summed E-state index contributed by atoms with van der Waals surface area (Å²) < 4.78 is 0. The van der Waals surface area contributed by atoms with E-state index in [1.807, 2.05) is 31.2 Å². The molecule has 1 aromatic carbocycles. The third-order valence-corrected chi connectivity index (χ3v) is 2.72. The second-order valence-electron chi connectivity index (χ2n) is 4.16. The first-order chi connectivity index (χ1) is 8.63. The van der Waals surface area contributed by atoms with Crippen LogP contribution in [0.3, 0.4) is 0 Å². The molecule has 0 spiro atoms. The van der Waals surface area contributed by atoms with Crippen LogP contribution in [-0.4, -0.2) is 17.0 Å². The van der Waals surface area contributed by atoms with Crippen LogP contribution in [-0.2, 0) is 16.0 Å². The molecule has 0 atom stereocenters. The van der Waals surface area contributed by atoms with Crippen molar-refractivity contribution >= 4 is 17.6 Å². The fourth-order valence-electron chi connectivity index (χ4n) is 1.73. The van der Waals surface area contributed by atoms with E-state index in [0.717, 1.165) is 17.7 Å². The number of carbonyl (C=O) groups excluding carboxylic acids is 1. The number of hydrogen-bond acceptors (Lipinski definition) is 2. The number of nitrogens with one attached hydrogen (secondary N) is 1. The summed E-state index contributed by atoms with van der Waals surface area (Å²) in [4.78, 5) is 22.0. The lowest BCUT2D eigenvalue weighted by atomic mass is 10.1. The molecule has 1 aromatic rings. The van der Waals surface area contributed by atoms with Gasteiger partial charge in [-0.2, -0.15) is 0 Å². The van der Waals surface area contributed by atoms with Crippen molar-refractivity contribution in [2.24, 2.45) is 0 Å². The second-order valence-corrected chi connectivity index (χ2v) is 4.16. The van der Waals surface area contributed by atoms with Crippen molar-refractivity contribution in [1.29, 1.82) is 0 Å². The van der Waals surface area contributed by atoms with E-state index in [0.29, 0.717) is 19.3 Å². The molecular weight excluding hydrogens is 230 g/mol. The van der Waals surface area contributed by atoms with Gasteiger partial charge in [-0.15, -0.1) is 0 Å². The van der Waals surface area contributed by atoms with E-state index in [1.54, 1.807) is 0 Å². The Morgan fingerprint density at radius 1 is 1.17 bits per heavy atom.